The van der Waals surface area contributed by atoms with Crippen molar-refractivity contribution in [3.63, 3.8) is 0 Å². The fourth-order valence-electron chi connectivity index (χ4n) is 5.88. The van der Waals surface area contributed by atoms with Gasteiger partial charge in [-0.2, -0.15) is 0 Å². The molecular formula is C35H64O. The van der Waals surface area contributed by atoms with Crippen LogP contribution >= 0.6 is 0 Å². The molecule has 36 heavy (non-hydrogen) atoms. The van der Waals surface area contributed by atoms with Crippen LogP contribution in [0.4, 0.5) is 0 Å². The summed E-state index contributed by atoms with van der Waals surface area (Å²) in [4.78, 5) is 0. The molecule has 0 amide bonds. The first-order valence-electron chi connectivity index (χ1n) is 16.2. The molecule has 0 aromatic heterocycles. The van der Waals surface area contributed by atoms with Crippen molar-refractivity contribution in [1.82, 2.24) is 0 Å². The molecule has 0 aliphatic heterocycles. The van der Waals surface area contributed by atoms with Crippen molar-refractivity contribution >= 4 is 0 Å². The van der Waals surface area contributed by atoms with E-state index >= 15 is 0 Å². The molecule has 0 spiro atoms. The number of hydrogen-bond acceptors (Lipinski definition) is 1. The molecule has 0 atom stereocenters. The SMILES string of the molecule is CCCCCCCCCCCCc1c(O)c(C)c(CC(C)C)c(CCCCCCCC)c1CC(C)C. The van der Waals surface area contributed by atoms with Crippen LogP contribution in [0.25, 0.3) is 0 Å². The Kier molecular flexibility index (Phi) is 18.4. The fraction of sp³-hybridized carbons (Fsp3) is 0.829. The summed E-state index contributed by atoms with van der Waals surface area (Å²) in [6.07, 6.45) is 26.2. The molecule has 0 aliphatic carbocycles. The van der Waals surface area contributed by atoms with Gasteiger partial charge in [-0.25, -0.2) is 0 Å². The van der Waals surface area contributed by atoms with Gasteiger partial charge in [0.05, 0.1) is 0 Å². The molecule has 1 rings (SSSR count). The molecule has 0 saturated heterocycles. The van der Waals surface area contributed by atoms with Crippen molar-refractivity contribution in [3.05, 3.63) is 27.8 Å². The Balaban J connectivity index is 2.92. The molecule has 0 fully saturated rings. The summed E-state index contributed by atoms with van der Waals surface area (Å²) in [5, 5.41) is 11.4. The second-order valence-corrected chi connectivity index (χ2v) is 12.5. The van der Waals surface area contributed by atoms with Gasteiger partial charge < -0.3 is 5.11 Å². The molecule has 210 valence electrons. The van der Waals surface area contributed by atoms with Crippen molar-refractivity contribution in [2.24, 2.45) is 11.8 Å². The number of phenols is 1. The summed E-state index contributed by atoms with van der Waals surface area (Å²) in [6, 6.07) is 0. The minimum Gasteiger partial charge on any atom is -0.507 e. The van der Waals surface area contributed by atoms with E-state index < -0.39 is 0 Å². The second kappa shape index (κ2) is 20.0. The van der Waals surface area contributed by atoms with E-state index in [1.165, 1.54) is 131 Å². The summed E-state index contributed by atoms with van der Waals surface area (Å²) in [5.74, 6) is 1.86. The molecule has 1 aromatic carbocycles. The molecule has 0 saturated carbocycles. The van der Waals surface area contributed by atoms with Crippen LogP contribution in [0, 0.1) is 18.8 Å². The molecule has 0 bridgehead atoms. The highest BCUT2D eigenvalue weighted by Gasteiger charge is 2.22. The summed E-state index contributed by atoms with van der Waals surface area (Å²) in [5.41, 5.74) is 7.09. The Morgan fingerprint density at radius 2 is 0.833 bits per heavy atom. The standard InChI is InChI=1S/C35H64O/c1-8-10-12-14-16-17-18-19-21-23-25-32-34(27-29(5)6)31(24-22-20-15-13-11-9-2)33(26-28(3)4)30(7)35(32)36/h28-29,36H,8-27H2,1-7H3. The third kappa shape index (κ3) is 13.0. The fourth-order valence-corrected chi connectivity index (χ4v) is 5.88. The van der Waals surface area contributed by atoms with Crippen molar-refractivity contribution in [1.29, 1.82) is 0 Å². The first-order chi connectivity index (χ1) is 17.3. The Labute approximate surface area is 227 Å². The van der Waals surface area contributed by atoms with Crippen molar-refractivity contribution in [3.8, 4) is 5.75 Å². The van der Waals surface area contributed by atoms with Crippen LogP contribution in [0.2, 0.25) is 0 Å². The Bertz CT molecular complexity index is 685. The Hall–Kier alpha value is -0.980. The lowest BCUT2D eigenvalue weighted by molar-refractivity contribution is 0.455. The highest BCUT2D eigenvalue weighted by atomic mass is 16.3. The summed E-state index contributed by atoms with van der Waals surface area (Å²) < 4.78 is 0. The zero-order valence-corrected chi connectivity index (χ0v) is 25.7. The molecule has 0 heterocycles. The normalized spacial score (nSPS) is 11.8. The molecule has 1 nitrogen and oxygen atoms in total. The lowest BCUT2D eigenvalue weighted by Gasteiger charge is -2.25. The van der Waals surface area contributed by atoms with Gasteiger partial charge in [0.2, 0.25) is 0 Å². The van der Waals surface area contributed by atoms with Gasteiger partial charge in [-0.05, 0) is 85.1 Å². The molecular weight excluding hydrogens is 436 g/mol. The molecule has 0 radical (unpaired) electrons. The van der Waals surface area contributed by atoms with E-state index in [4.69, 9.17) is 0 Å². The lowest BCUT2D eigenvalue weighted by atomic mass is 9.80. The second-order valence-electron chi connectivity index (χ2n) is 12.5. The van der Waals surface area contributed by atoms with Crippen LogP contribution in [0.3, 0.4) is 0 Å². The number of phenolic OH excluding ortho intramolecular Hbond substituents is 1. The molecule has 1 heteroatoms. The van der Waals surface area contributed by atoms with Crippen molar-refractivity contribution in [2.75, 3.05) is 0 Å². The van der Waals surface area contributed by atoms with Gasteiger partial charge >= 0.3 is 0 Å². The summed E-state index contributed by atoms with van der Waals surface area (Å²) in [6.45, 7) is 16.1. The Morgan fingerprint density at radius 3 is 1.25 bits per heavy atom. The smallest absolute Gasteiger partial charge is 0.122 e. The first-order valence-corrected chi connectivity index (χ1v) is 16.2. The van der Waals surface area contributed by atoms with Gasteiger partial charge in [0, 0.05) is 0 Å². The number of rotatable bonds is 22. The van der Waals surface area contributed by atoms with E-state index in [0.29, 0.717) is 17.6 Å². The van der Waals surface area contributed by atoms with Gasteiger partial charge in [0.25, 0.3) is 0 Å². The maximum Gasteiger partial charge on any atom is 0.122 e. The van der Waals surface area contributed by atoms with Crippen molar-refractivity contribution < 1.29 is 5.11 Å². The predicted molar refractivity (Wildman–Crippen MR) is 163 cm³/mol. The van der Waals surface area contributed by atoms with Gasteiger partial charge in [0.15, 0.2) is 0 Å². The maximum absolute atomic E-state index is 11.4. The molecule has 0 aliphatic rings. The molecule has 1 N–H and O–H groups in total. The minimum absolute atomic E-state index is 0.617. The van der Waals surface area contributed by atoms with Crippen LogP contribution in [0.1, 0.15) is 172 Å². The first kappa shape index (κ1) is 33.0. The number of benzene rings is 1. The largest absolute Gasteiger partial charge is 0.507 e. The van der Waals surface area contributed by atoms with E-state index in [0.717, 1.165) is 19.3 Å². The third-order valence-electron chi connectivity index (χ3n) is 7.97. The van der Waals surface area contributed by atoms with E-state index in [9.17, 15) is 5.11 Å². The topological polar surface area (TPSA) is 20.2 Å². The zero-order chi connectivity index (χ0) is 26.8. The van der Waals surface area contributed by atoms with E-state index in [1.807, 2.05) is 0 Å². The summed E-state index contributed by atoms with van der Waals surface area (Å²) in [7, 11) is 0. The van der Waals surface area contributed by atoms with E-state index in [-0.39, 0.29) is 0 Å². The zero-order valence-electron chi connectivity index (χ0n) is 25.7. The minimum atomic E-state index is 0.617. The third-order valence-corrected chi connectivity index (χ3v) is 7.97. The van der Waals surface area contributed by atoms with Gasteiger partial charge in [-0.1, -0.05) is 131 Å². The molecule has 0 unspecified atom stereocenters. The number of aromatic hydroxyl groups is 1. The highest BCUT2D eigenvalue weighted by molar-refractivity contribution is 5.55. The van der Waals surface area contributed by atoms with E-state index in [1.54, 1.807) is 5.56 Å². The average Bonchev–Trinajstić information content (AvgIpc) is 2.83. The number of unbranched alkanes of at least 4 members (excludes halogenated alkanes) is 14. The predicted octanol–water partition coefficient (Wildman–Crippen LogP) is 11.5. The average molecular weight is 501 g/mol. The van der Waals surface area contributed by atoms with Crippen LogP contribution in [0.5, 0.6) is 5.75 Å². The Morgan fingerprint density at radius 1 is 0.472 bits per heavy atom. The quantitative estimate of drug-likeness (QED) is 0.157. The summed E-state index contributed by atoms with van der Waals surface area (Å²) >= 11 is 0. The molecule has 1 aromatic rings. The van der Waals surface area contributed by atoms with E-state index in [2.05, 4.69) is 48.5 Å². The van der Waals surface area contributed by atoms with Gasteiger partial charge in [0.1, 0.15) is 5.75 Å². The van der Waals surface area contributed by atoms with Crippen LogP contribution in [-0.2, 0) is 25.7 Å². The van der Waals surface area contributed by atoms with Crippen LogP contribution in [0.15, 0.2) is 0 Å². The van der Waals surface area contributed by atoms with Gasteiger partial charge in [-0.15, -0.1) is 0 Å². The maximum atomic E-state index is 11.4. The number of hydrogen-bond donors (Lipinski definition) is 1. The van der Waals surface area contributed by atoms with Crippen LogP contribution in [-0.4, -0.2) is 5.11 Å². The monoisotopic (exact) mass is 500 g/mol. The van der Waals surface area contributed by atoms with Gasteiger partial charge in [-0.3, -0.25) is 0 Å². The van der Waals surface area contributed by atoms with Crippen LogP contribution < -0.4 is 0 Å². The lowest BCUT2D eigenvalue weighted by Crippen LogP contribution is -2.12. The van der Waals surface area contributed by atoms with Crippen molar-refractivity contribution in [2.45, 2.75) is 177 Å². The highest BCUT2D eigenvalue weighted by Crippen LogP contribution is 2.37.